The average Bonchev–Trinajstić information content (AvgIpc) is 3.13. The van der Waals surface area contributed by atoms with Gasteiger partial charge in [0.25, 0.3) is 5.91 Å². The van der Waals surface area contributed by atoms with Crippen molar-refractivity contribution in [3.63, 3.8) is 0 Å². The van der Waals surface area contributed by atoms with Gasteiger partial charge in [0, 0.05) is 5.75 Å². The molecular formula is C18H16N2OS2. The lowest BCUT2D eigenvalue weighted by Crippen LogP contribution is -2.33. The van der Waals surface area contributed by atoms with E-state index in [2.05, 4.69) is 17.0 Å². The molecule has 2 aliphatic rings. The maximum atomic E-state index is 12.8. The first-order valence-corrected chi connectivity index (χ1v) is 9.05. The number of nitrogens with zero attached hydrogens (tertiary/aromatic N) is 2. The molecule has 2 aliphatic heterocycles. The minimum absolute atomic E-state index is 0.124. The lowest BCUT2D eigenvalue weighted by Gasteiger charge is -2.25. The molecule has 0 aromatic heterocycles. The van der Waals surface area contributed by atoms with E-state index in [1.807, 2.05) is 48.5 Å². The fourth-order valence-electron chi connectivity index (χ4n) is 3.13. The van der Waals surface area contributed by atoms with E-state index in [1.54, 1.807) is 16.7 Å². The van der Waals surface area contributed by atoms with Crippen LogP contribution >= 0.6 is 24.0 Å². The third-order valence-electron chi connectivity index (χ3n) is 4.27. The van der Waals surface area contributed by atoms with Crippen LogP contribution in [0, 0.1) is 0 Å². The van der Waals surface area contributed by atoms with E-state index in [4.69, 9.17) is 12.2 Å². The van der Waals surface area contributed by atoms with Gasteiger partial charge >= 0.3 is 0 Å². The quantitative estimate of drug-likeness (QED) is 0.799. The molecule has 0 spiro atoms. The molecular weight excluding hydrogens is 324 g/mol. The van der Waals surface area contributed by atoms with E-state index in [-0.39, 0.29) is 17.3 Å². The summed E-state index contributed by atoms with van der Waals surface area (Å²) in [5, 5.41) is 0.793. The average molecular weight is 340 g/mol. The molecule has 2 heterocycles. The summed E-state index contributed by atoms with van der Waals surface area (Å²) in [6, 6.07) is 20.2. The van der Waals surface area contributed by atoms with Gasteiger partial charge in [-0.3, -0.25) is 9.69 Å². The van der Waals surface area contributed by atoms with E-state index >= 15 is 0 Å². The van der Waals surface area contributed by atoms with Crippen LogP contribution in [0.5, 0.6) is 0 Å². The minimum Gasteiger partial charge on any atom is -0.320 e. The van der Waals surface area contributed by atoms with Crippen molar-refractivity contribution in [2.45, 2.75) is 18.0 Å². The second-order valence-corrected chi connectivity index (χ2v) is 7.19. The van der Waals surface area contributed by atoms with E-state index in [0.717, 1.165) is 11.3 Å². The molecule has 116 valence electrons. The van der Waals surface area contributed by atoms with Crippen molar-refractivity contribution < 1.29 is 4.79 Å². The van der Waals surface area contributed by atoms with Gasteiger partial charge in [0.1, 0.15) is 11.4 Å². The van der Waals surface area contributed by atoms with Crippen LogP contribution in [0.25, 0.3) is 0 Å². The second-order valence-electron chi connectivity index (χ2n) is 5.71. The predicted octanol–water partition coefficient (Wildman–Crippen LogP) is 3.43. The van der Waals surface area contributed by atoms with Gasteiger partial charge in [-0.15, -0.1) is 11.8 Å². The van der Waals surface area contributed by atoms with E-state index in [9.17, 15) is 4.79 Å². The van der Waals surface area contributed by atoms with Crippen molar-refractivity contribution in [2.24, 2.45) is 0 Å². The van der Waals surface area contributed by atoms with Gasteiger partial charge in [0.05, 0.1) is 6.54 Å². The van der Waals surface area contributed by atoms with Crippen LogP contribution < -0.4 is 0 Å². The molecule has 0 N–H and O–H groups in total. The smallest absolute Gasteiger partial charge is 0.252 e. The first-order valence-electron chi connectivity index (χ1n) is 7.60. The van der Waals surface area contributed by atoms with Crippen LogP contribution in [0.2, 0.25) is 0 Å². The van der Waals surface area contributed by atoms with Crippen molar-refractivity contribution in [3.05, 3.63) is 71.8 Å². The lowest BCUT2D eigenvalue weighted by molar-refractivity contribution is -0.127. The van der Waals surface area contributed by atoms with Crippen molar-refractivity contribution in [3.8, 4) is 0 Å². The summed E-state index contributed by atoms with van der Waals surface area (Å²) in [6.45, 7) is 0.553. The molecule has 1 amide bonds. The first kappa shape index (κ1) is 14.7. The number of thiocarbonyl (C=S) groups is 1. The number of carbonyl (C=O) groups excluding carboxylic acids is 1. The van der Waals surface area contributed by atoms with E-state index < -0.39 is 0 Å². The monoisotopic (exact) mass is 340 g/mol. The van der Waals surface area contributed by atoms with Crippen LogP contribution in [0.3, 0.4) is 0 Å². The molecule has 0 saturated carbocycles. The summed E-state index contributed by atoms with van der Waals surface area (Å²) in [7, 11) is 0. The molecule has 0 radical (unpaired) electrons. The summed E-state index contributed by atoms with van der Waals surface area (Å²) in [5.41, 5.74) is 2.31. The first-order chi connectivity index (χ1) is 11.3. The van der Waals surface area contributed by atoms with Crippen molar-refractivity contribution in [1.82, 2.24) is 9.80 Å². The van der Waals surface area contributed by atoms with Gasteiger partial charge < -0.3 is 4.90 Å². The maximum Gasteiger partial charge on any atom is 0.252 e. The standard InChI is InChI=1S/C18H16N2OS2/c21-16-15-12-23-17(14-9-5-2-6-10-14)20(15)18(22)19(16)11-13-7-3-1-4-8-13/h1-10,15,17H,11-12H2/t15-,17?/m0/s1. The molecule has 1 unspecified atom stereocenters. The van der Waals surface area contributed by atoms with Crippen molar-refractivity contribution in [1.29, 1.82) is 0 Å². The highest BCUT2D eigenvalue weighted by Gasteiger charge is 2.50. The summed E-state index contributed by atoms with van der Waals surface area (Å²) < 4.78 is 0. The molecule has 2 aromatic rings. The molecule has 2 saturated heterocycles. The number of rotatable bonds is 3. The fourth-order valence-corrected chi connectivity index (χ4v) is 5.01. The zero-order valence-corrected chi connectivity index (χ0v) is 14.1. The normalized spacial score (nSPS) is 23.5. The minimum atomic E-state index is -0.124. The number of hydrogen-bond donors (Lipinski definition) is 0. The Morgan fingerprint density at radius 1 is 1.04 bits per heavy atom. The third kappa shape index (κ3) is 2.54. The lowest BCUT2D eigenvalue weighted by atomic mass is 10.2. The summed E-state index contributed by atoms with van der Waals surface area (Å²) >= 11 is 7.44. The zero-order valence-electron chi connectivity index (χ0n) is 12.5. The van der Waals surface area contributed by atoms with Gasteiger partial charge in [-0.05, 0) is 23.3 Å². The largest absolute Gasteiger partial charge is 0.320 e. The number of hydrogen-bond acceptors (Lipinski definition) is 3. The predicted molar refractivity (Wildman–Crippen MR) is 96.9 cm³/mol. The molecule has 2 atom stereocenters. The Morgan fingerprint density at radius 2 is 1.70 bits per heavy atom. The highest BCUT2D eigenvalue weighted by molar-refractivity contribution is 7.99. The number of fused-ring (bicyclic) bond motifs is 1. The third-order valence-corrected chi connectivity index (χ3v) is 6.03. The van der Waals surface area contributed by atoms with Gasteiger partial charge in [-0.1, -0.05) is 60.7 Å². The van der Waals surface area contributed by atoms with Crippen LogP contribution in [-0.4, -0.2) is 32.6 Å². The molecule has 4 rings (SSSR count). The second kappa shape index (κ2) is 5.98. The maximum absolute atomic E-state index is 12.8. The Morgan fingerprint density at radius 3 is 2.39 bits per heavy atom. The SMILES string of the molecule is O=C1[C@@H]2CSC(c3ccccc3)N2C(=S)N1Cc1ccccc1. The zero-order chi connectivity index (χ0) is 15.8. The number of benzene rings is 2. The van der Waals surface area contributed by atoms with Gasteiger partial charge in [0.15, 0.2) is 5.11 Å². The van der Waals surface area contributed by atoms with E-state index in [1.165, 1.54) is 5.56 Å². The fraction of sp³-hybridized carbons (Fsp3) is 0.222. The topological polar surface area (TPSA) is 23.6 Å². The van der Waals surface area contributed by atoms with Gasteiger partial charge in [0.2, 0.25) is 0 Å². The summed E-state index contributed by atoms with van der Waals surface area (Å²) in [6.07, 6.45) is 0. The van der Waals surface area contributed by atoms with Crippen LogP contribution in [0.1, 0.15) is 16.5 Å². The van der Waals surface area contributed by atoms with Crippen LogP contribution in [0.15, 0.2) is 60.7 Å². The molecule has 2 aromatic carbocycles. The van der Waals surface area contributed by atoms with Crippen molar-refractivity contribution >= 4 is 35.0 Å². The van der Waals surface area contributed by atoms with Crippen LogP contribution in [-0.2, 0) is 11.3 Å². The Kier molecular flexibility index (Phi) is 3.83. The molecule has 2 fully saturated rings. The molecule has 5 heteroatoms. The number of thioether (sulfide) groups is 1. The Labute approximate surface area is 145 Å². The summed E-state index contributed by atoms with van der Waals surface area (Å²) in [4.78, 5) is 16.6. The van der Waals surface area contributed by atoms with Gasteiger partial charge in [-0.2, -0.15) is 0 Å². The number of amides is 1. The van der Waals surface area contributed by atoms with E-state index in [0.29, 0.717) is 11.7 Å². The Balaban J connectivity index is 1.60. The Hall–Kier alpha value is -1.85. The van der Waals surface area contributed by atoms with Crippen LogP contribution in [0.4, 0.5) is 0 Å². The number of carbonyl (C=O) groups is 1. The molecule has 23 heavy (non-hydrogen) atoms. The Bertz CT molecular complexity index is 735. The van der Waals surface area contributed by atoms with Crippen molar-refractivity contribution in [2.75, 3.05) is 5.75 Å². The molecule has 0 bridgehead atoms. The summed E-state index contributed by atoms with van der Waals surface area (Å²) in [5.74, 6) is 0.925. The highest BCUT2D eigenvalue weighted by atomic mass is 32.2. The molecule has 0 aliphatic carbocycles. The van der Waals surface area contributed by atoms with Gasteiger partial charge in [-0.25, -0.2) is 0 Å². The highest BCUT2D eigenvalue weighted by Crippen LogP contribution is 2.45. The molecule has 3 nitrogen and oxygen atoms in total.